The quantitative estimate of drug-likeness (QED) is 0.680. The molecule has 0 saturated carbocycles. The van der Waals surface area contributed by atoms with E-state index in [1.54, 1.807) is 0 Å². The van der Waals surface area contributed by atoms with E-state index in [1.165, 1.54) is 5.56 Å². The monoisotopic (exact) mass is 210 g/mol. The van der Waals surface area contributed by atoms with Gasteiger partial charge in [0.25, 0.3) is 0 Å². The van der Waals surface area contributed by atoms with Crippen molar-refractivity contribution >= 4 is 0 Å². The van der Waals surface area contributed by atoms with E-state index >= 15 is 0 Å². The van der Waals surface area contributed by atoms with Crippen LogP contribution in [-0.4, -0.2) is 41.9 Å². The second kappa shape index (κ2) is 6.58. The fraction of sp³-hybridized carbons (Fsp3) is 0.727. The van der Waals surface area contributed by atoms with Crippen LogP contribution in [0.25, 0.3) is 0 Å². The van der Waals surface area contributed by atoms with E-state index in [1.807, 2.05) is 10.9 Å². The highest BCUT2D eigenvalue weighted by Gasteiger charge is 1.97. The van der Waals surface area contributed by atoms with Crippen LogP contribution >= 0.6 is 0 Å². The lowest BCUT2D eigenvalue weighted by atomic mass is 10.3. The van der Waals surface area contributed by atoms with Crippen LogP contribution in [0.1, 0.15) is 18.9 Å². The molecule has 0 amide bonds. The maximum atomic E-state index is 4.29. The lowest BCUT2D eigenvalue weighted by molar-refractivity contribution is 0.400. The Morgan fingerprint density at radius 3 is 2.93 bits per heavy atom. The van der Waals surface area contributed by atoms with E-state index in [9.17, 15) is 0 Å². The molecule has 0 aliphatic carbocycles. The van der Waals surface area contributed by atoms with Crippen molar-refractivity contribution in [3.8, 4) is 0 Å². The van der Waals surface area contributed by atoms with E-state index in [0.717, 1.165) is 32.6 Å². The van der Waals surface area contributed by atoms with Gasteiger partial charge in [-0.05, 0) is 20.5 Å². The molecule has 86 valence electrons. The molecule has 1 rings (SSSR count). The van der Waals surface area contributed by atoms with Crippen LogP contribution < -0.4 is 5.32 Å². The first-order valence-corrected chi connectivity index (χ1v) is 5.59. The van der Waals surface area contributed by atoms with Crippen molar-refractivity contribution in [3.05, 3.63) is 18.0 Å². The van der Waals surface area contributed by atoms with Crippen LogP contribution in [0.2, 0.25) is 0 Å². The maximum absolute atomic E-state index is 4.29. The zero-order valence-corrected chi connectivity index (χ0v) is 10.0. The topological polar surface area (TPSA) is 33.1 Å². The molecule has 0 atom stereocenters. The van der Waals surface area contributed by atoms with Crippen LogP contribution in [0.5, 0.6) is 0 Å². The Hall–Kier alpha value is -0.870. The minimum atomic E-state index is 0.914. The van der Waals surface area contributed by atoms with Gasteiger partial charge in [0.2, 0.25) is 0 Å². The predicted octanol–water partition coefficient (Wildman–Crippen LogP) is 0.944. The summed E-state index contributed by atoms with van der Waals surface area (Å²) in [6, 6.07) is 0. The number of nitrogens with zero attached hydrogens (tertiary/aromatic N) is 3. The summed E-state index contributed by atoms with van der Waals surface area (Å²) >= 11 is 0. The molecule has 0 aliphatic heterocycles. The standard InChI is InChI=1S/C11H22N4/c1-4-6-15-10-11(9-13-15)8-12-5-7-14(2)3/h9-10,12H,4-8H2,1-3H3. The summed E-state index contributed by atoms with van der Waals surface area (Å²) in [5.41, 5.74) is 1.27. The van der Waals surface area contributed by atoms with Crippen LogP contribution in [0.3, 0.4) is 0 Å². The van der Waals surface area contributed by atoms with Crippen molar-refractivity contribution < 1.29 is 0 Å². The fourth-order valence-corrected chi connectivity index (χ4v) is 1.38. The van der Waals surface area contributed by atoms with Crippen LogP contribution in [0.4, 0.5) is 0 Å². The van der Waals surface area contributed by atoms with Gasteiger partial charge in [0.15, 0.2) is 0 Å². The Labute approximate surface area is 92.3 Å². The molecule has 0 radical (unpaired) electrons. The summed E-state index contributed by atoms with van der Waals surface area (Å²) in [6.45, 7) is 6.18. The van der Waals surface area contributed by atoms with E-state index in [0.29, 0.717) is 0 Å². The number of nitrogens with one attached hydrogen (secondary N) is 1. The first-order chi connectivity index (χ1) is 7.22. The third-order valence-electron chi connectivity index (χ3n) is 2.20. The van der Waals surface area contributed by atoms with Gasteiger partial charge in [0.05, 0.1) is 6.20 Å². The first-order valence-electron chi connectivity index (χ1n) is 5.59. The summed E-state index contributed by atoms with van der Waals surface area (Å²) in [4.78, 5) is 2.17. The molecule has 0 aliphatic rings. The summed E-state index contributed by atoms with van der Waals surface area (Å²) < 4.78 is 2.00. The molecule has 0 spiro atoms. The average molecular weight is 210 g/mol. The zero-order chi connectivity index (χ0) is 11.1. The minimum Gasteiger partial charge on any atom is -0.311 e. The Balaban J connectivity index is 2.19. The lowest BCUT2D eigenvalue weighted by Crippen LogP contribution is -2.26. The molecule has 0 fully saturated rings. The number of hydrogen-bond acceptors (Lipinski definition) is 3. The van der Waals surface area contributed by atoms with Crippen LogP contribution in [0.15, 0.2) is 12.4 Å². The Morgan fingerprint density at radius 2 is 2.27 bits per heavy atom. The van der Waals surface area contributed by atoms with Crippen molar-refractivity contribution in [3.63, 3.8) is 0 Å². The highest BCUT2D eigenvalue weighted by Crippen LogP contribution is 1.97. The largest absolute Gasteiger partial charge is 0.311 e. The smallest absolute Gasteiger partial charge is 0.0534 e. The molecule has 4 nitrogen and oxygen atoms in total. The molecule has 0 unspecified atom stereocenters. The molecule has 1 aromatic heterocycles. The van der Waals surface area contributed by atoms with Gasteiger partial charge < -0.3 is 10.2 Å². The summed E-state index contributed by atoms with van der Waals surface area (Å²) in [7, 11) is 4.17. The number of rotatable bonds is 7. The second-order valence-corrected chi connectivity index (χ2v) is 4.09. The Bertz CT molecular complexity index is 267. The normalized spacial score (nSPS) is 11.2. The van der Waals surface area contributed by atoms with Gasteiger partial charge in [-0.1, -0.05) is 6.92 Å². The molecule has 1 heterocycles. The molecular formula is C11H22N4. The lowest BCUT2D eigenvalue weighted by Gasteiger charge is -2.09. The summed E-state index contributed by atoms with van der Waals surface area (Å²) in [5, 5.41) is 7.68. The third-order valence-corrected chi connectivity index (χ3v) is 2.20. The van der Waals surface area contributed by atoms with Gasteiger partial charge in [0, 0.05) is 37.9 Å². The first kappa shape index (κ1) is 12.2. The molecular weight excluding hydrogens is 188 g/mol. The van der Waals surface area contributed by atoms with E-state index in [4.69, 9.17) is 0 Å². The molecule has 1 N–H and O–H groups in total. The highest BCUT2D eigenvalue weighted by atomic mass is 15.3. The van der Waals surface area contributed by atoms with Crippen LogP contribution in [-0.2, 0) is 13.1 Å². The number of aromatic nitrogens is 2. The van der Waals surface area contributed by atoms with Gasteiger partial charge in [-0.2, -0.15) is 5.10 Å². The molecule has 0 aromatic carbocycles. The number of hydrogen-bond donors (Lipinski definition) is 1. The van der Waals surface area contributed by atoms with Crippen LogP contribution in [0, 0.1) is 0 Å². The van der Waals surface area contributed by atoms with Gasteiger partial charge in [-0.15, -0.1) is 0 Å². The molecule has 15 heavy (non-hydrogen) atoms. The zero-order valence-electron chi connectivity index (χ0n) is 10.0. The highest BCUT2D eigenvalue weighted by molar-refractivity contribution is 5.03. The van der Waals surface area contributed by atoms with Crippen molar-refractivity contribution in [2.45, 2.75) is 26.4 Å². The molecule has 0 bridgehead atoms. The number of aryl methyl sites for hydroxylation is 1. The predicted molar refractivity (Wildman–Crippen MR) is 62.8 cm³/mol. The third kappa shape index (κ3) is 4.95. The number of likely N-dealkylation sites (N-methyl/N-ethyl adjacent to an activating group) is 1. The van der Waals surface area contributed by atoms with Gasteiger partial charge in [-0.3, -0.25) is 4.68 Å². The molecule has 0 saturated heterocycles. The van der Waals surface area contributed by atoms with Gasteiger partial charge >= 0.3 is 0 Å². The van der Waals surface area contributed by atoms with E-state index < -0.39 is 0 Å². The molecule has 1 aromatic rings. The van der Waals surface area contributed by atoms with Crippen molar-refractivity contribution in [1.29, 1.82) is 0 Å². The van der Waals surface area contributed by atoms with Crippen molar-refractivity contribution in [2.75, 3.05) is 27.2 Å². The molecule has 4 heteroatoms. The summed E-state index contributed by atoms with van der Waals surface area (Å²) in [5.74, 6) is 0. The Morgan fingerprint density at radius 1 is 1.47 bits per heavy atom. The van der Waals surface area contributed by atoms with Crippen molar-refractivity contribution in [1.82, 2.24) is 20.0 Å². The van der Waals surface area contributed by atoms with E-state index in [-0.39, 0.29) is 0 Å². The van der Waals surface area contributed by atoms with Gasteiger partial charge in [-0.25, -0.2) is 0 Å². The fourth-order valence-electron chi connectivity index (χ4n) is 1.38. The Kier molecular flexibility index (Phi) is 5.36. The van der Waals surface area contributed by atoms with E-state index in [2.05, 4.69) is 42.5 Å². The average Bonchev–Trinajstić information content (AvgIpc) is 2.61. The summed E-state index contributed by atoms with van der Waals surface area (Å²) in [6.07, 6.45) is 5.19. The minimum absolute atomic E-state index is 0.914. The second-order valence-electron chi connectivity index (χ2n) is 4.09. The maximum Gasteiger partial charge on any atom is 0.0534 e. The van der Waals surface area contributed by atoms with Gasteiger partial charge in [0.1, 0.15) is 0 Å². The SMILES string of the molecule is CCCn1cc(CNCCN(C)C)cn1. The van der Waals surface area contributed by atoms with Crippen molar-refractivity contribution in [2.24, 2.45) is 0 Å².